The van der Waals surface area contributed by atoms with E-state index in [0.29, 0.717) is 5.92 Å². The Morgan fingerprint density at radius 1 is 1.12 bits per heavy atom. The van der Waals surface area contributed by atoms with E-state index in [2.05, 4.69) is 74.8 Å². The molecule has 0 spiro atoms. The minimum atomic E-state index is -0.246. The highest BCUT2D eigenvalue weighted by molar-refractivity contribution is 9.09. The average molecular weight is 299 g/mol. The van der Waals surface area contributed by atoms with Crippen molar-refractivity contribution in [3.05, 3.63) is 35.4 Å². The minimum absolute atomic E-state index is 0.224. The summed E-state index contributed by atoms with van der Waals surface area (Å²) in [6.07, 6.45) is 0.224. The molecular formula is C15H23BrO. The minimum Gasteiger partial charge on any atom is -0.367 e. The molecule has 0 amide bonds. The van der Waals surface area contributed by atoms with Crippen LogP contribution in [-0.2, 0) is 10.3 Å². The van der Waals surface area contributed by atoms with Crippen molar-refractivity contribution in [2.75, 3.05) is 5.33 Å². The van der Waals surface area contributed by atoms with Crippen molar-refractivity contribution in [1.29, 1.82) is 0 Å². The summed E-state index contributed by atoms with van der Waals surface area (Å²) in [7, 11) is 0. The van der Waals surface area contributed by atoms with Crippen molar-refractivity contribution >= 4 is 15.9 Å². The molecule has 1 aromatic rings. The van der Waals surface area contributed by atoms with E-state index in [0.717, 1.165) is 5.33 Å². The van der Waals surface area contributed by atoms with Gasteiger partial charge in [0, 0.05) is 5.33 Å². The maximum atomic E-state index is 6.03. The van der Waals surface area contributed by atoms with E-state index in [1.807, 2.05) is 0 Å². The monoisotopic (exact) mass is 298 g/mol. The zero-order valence-corrected chi connectivity index (χ0v) is 13.0. The standard InChI is InChI=1S/C15H23BrO/c1-11(2)13-6-8-14(9-7-13)15(5,10-16)17-12(3)4/h6-9,11-12H,10H2,1-5H3. The summed E-state index contributed by atoms with van der Waals surface area (Å²) in [4.78, 5) is 0. The van der Waals surface area contributed by atoms with Crippen molar-refractivity contribution in [2.24, 2.45) is 0 Å². The van der Waals surface area contributed by atoms with E-state index in [4.69, 9.17) is 4.74 Å². The first kappa shape index (κ1) is 14.7. The zero-order chi connectivity index (χ0) is 13.1. The van der Waals surface area contributed by atoms with Gasteiger partial charge < -0.3 is 4.74 Å². The lowest BCUT2D eigenvalue weighted by atomic mass is 9.94. The zero-order valence-electron chi connectivity index (χ0n) is 11.5. The molecule has 0 bridgehead atoms. The lowest BCUT2D eigenvalue weighted by molar-refractivity contribution is -0.0556. The Kier molecular flexibility index (Phi) is 5.21. The van der Waals surface area contributed by atoms with Gasteiger partial charge in [-0.15, -0.1) is 0 Å². The Balaban J connectivity index is 2.96. The van der Waals surface area contributed by atoms with Gasteiger partial charge in [-0.2, -0.15) is 0 Å². The molecule has 0 aliphatic heterocycles. The predicted molar refractivity (Wildman–Crippen MR) is 77.9 cm³/mol. The second kappa shape index (κ2) is 6.01. The van der Waals surface area contributed by atoms with Gasteiger partial charge in [-0.1, -0.05) is 54.0 Å². The van der Waals surface area contributed by atoms with Crippen molar-refractivity contribution in [2.45, 2.75) is 52.2 Å². The normalized spacial score (nSPS) is 15.3. The molecule has 0 aromatic heterocycles. The summed E-state index contributed by atoms with van der Waals surface area (Å²) < 4.78 is 6.03. The number of alkyl halides is 1. The summed E-state index contributed by atoms with van der Waals surface area (Å²) >= 11 is 3.56. The van der Waals surface area contributed by atoms with Crippen LogP contribution in [0.5, 0.6) is 0 Å². The molecule has 0 fully saturated rings. The summed E-state index contributed by atoms with van der Waals surface area (Å²) in [5.41, 5.74) is 2.35. The van der Waals surface area contributed by atoms with Crippen LogP contribution in [0.1, 0.15) is 51.7 Å². The number of rotatable bonds is 5. The van der Waals surface area contributed by atoms with Gasteiger partial charge in [0.15, 0.2) is 0 Å². The van der Waals surface area contributed by atoms with Gasteiger partial charge in [-0.3, -0.25) is 0 Å². The summed E-state index contributed by atoms with van der Waals surface area (Å²) in [6, 6.07) is 8.76. The molecule has 0 aliphatic rings. The van der Waals surface area contributed by atoms with E-state index < -0.39 is 0 Å². The lowest BCUT2D eigenvalue weighted by Gasteiger charge is -2.31. The topological polar surface area (TPSA) is 9.23 Å². The third-order valence-electron chi connectivity index (χ3n) is 2.94. The number of benzene rings is 1. The Morgan fingerprint density at radius 2 is 1.65 bits per heavy atom. The van der Waals surface area contributed by atoms with Gasteiger partial charge in [0.25, 0.3) is 0 Å². The van der Waals surface area contributed by atoms with Crippen molar-refractivity contribution < 1.29 is 4.74 Å². The third kappa shape index (κ3) is 3.82. The average Bonchev–Trinajstić information content (AvgIpc) is 2.28. The van der Waals surface area contributed by atoms with E-state index in [1.165, 1.54) is 11.1 Å². The molecule has 0 N–H and O–H groups in total. The number of ether oxygens (including phenoxy) is 1. The molecule has 0 aliphatic carbocycles. The first-order valence-corrected chi connectivity index (χ1v) is 7.35. The Morgan fingerprint density at radius 3 is 2.00 bits per heavy atom. The first-order valence-electron chi connectivity index (χ1n) is 6.23. The Labute approximate surface area is 114 Å². The van der Waals surface area contributed by atoms with Crippen LogP contribution in [0.15, 0.2) is 24.3 Å². The number of hydrogen-bond donors (Lipinski definition) is 0. The molecule has 0 saturated heterocycles. The largest absolute Gasteiger partial charge is 0.367 e. The van der Waals surface area contributed by atoms with E-state index in [9.17, 15) is 0 Å². The Bertz CT molecular complexity index is 342. The molecule has 1 atom stereocenters. The molecule has 17 heavy (non-hydrogen) atoms. The van der Waals surface area contributed by atoms with Crippen LogP contribution < -0.4 is 0 Å². The van der Waals surface area contributed by atoms with Gasteiger partial charge in [0.05, 0.1) is 6.10 Å². The van der Waals surface area contributed by atoms with E-state index in [1.54, 1.807) is 0 Å². The lowest BCUT2D eigenvalue weighted by Crippen LogP contribution is -2.30. The van der Waals surface area contributed by atoms with Crippen molar-refractivity contribution in [3.63, 3.8) is 0 Å². The molecular weight excluding hydrogens is 276 g/mol. The molecule has 1 unspecified atom stereocenters. The molecule has 2 heteroatoms. The van der Waals surface area contributed by atoms with Crippen LogP contribution in [0.2, 0.25) is 0 Å². The van der Waals surface area contributed by atoms with Crippen LogP contribution in [0.25, 0.3) is 0 Å². The second-order valence-electron chi connectivity index (χ2n) is 5.31. The number of hydrogen-bond acceptors (Lipinski definition) is 1. The van der Waals surface area contributed by atoms with Crippen LogP contribution in [-0.4, -0.2) is 11.4 Å². The smallest absolute Gasteiger partial charge is 0.100 e. The van der Waals surface area contributed by atoms with Gasteiger partial charge >= 0.3 is 0 Å². The molecule has 0 heterocycles. The van der Waals surface area contributed by atoms with Crippen molar-refractivity contribution in [1.82, 2.24) is 0 Å². The van der Waals surface area contributed by atoms with Gasteiger partial charge in [-0.25, -0.2) is 0 Å². The summed E-state index contributed by atoms with van der Waals surface area (Å²) in [5.74, 6) is 0.574. The second-order valence-corrected chi connectivity index (χ2v) is 5.87. The molecule has 0 radical (unpaired) electrons. The fraction of sp³-hybridized carbons (Fsp3) is 0.600. The fourth-order valence-corrected chi connectivity index (χ4v) is 2.37. The quantitative estimate of drug-likeness (QED) is 0.707. The van der Waals surface area contributed by atoms with E-state index in [-0.39, 0.29) is 11.7 Å². The predicted octanol–water partition coefficient (Wildman–Crippen LogP) is 4.85. The third-order valence-corrected chi connectivity index (χ3v) is 4.01. The molecule has 1 nitrogen and oxygen atoms in total. The van der Waals surface area contributed by atoms with Gasteiger partial charge in [-0.05, 0) is 37.8 Å². The van der Waals surface area contributed by atoms with Gasteiger partial charge in [0.2, 0.25) is 0 Å². The summed E-state index contributed by atoms with van der Waals surface area (Å²) in [5, 5.41) is 0.805. The maximum absolute atomic E-state index is 6.03. The molecule has 96 valence electrons. The number of halogens is 1. The molecule has 1 aromatic carbocycles. The highest BCUT2D eigenvalue weighted by atomic mass is 79.9. The van der Waals surface area contributed by atoms with Gasteiger partial charge in [0.1, 0.15) is 5.60 Å². The molecule has 0 saturated carbocycles. The SMILES string of the molecule is CC(C)OC(C)(CBr)c1ccc(C(C)C)cc1. The fourth-order valence-electron chi connectivity index (χ4n) is 1.92. The van der Waals surface area contributed by atoms with Crippen LogP contribution in [0, 0.1) is 0 Å². The van der Waals surface area contributed by atoms with Crippen molar-refractivity contribution in [3.8, 4) is 0 Å². The highest BCUT2D eigenvalue weighted by Gasteiger charge is 2.27. The van der Waals surface area contributed by atoms with Crippen LogP contribution in [0.4, 0.5) is 0 Å². The molecule has 1 rings (SSSR count). The first-order chi connectivity index (χ1) is 7.89. The van der Waals surface area contributed by atoms with Crippen LogP contribution >= 0.6 is 15.9 Å². The highest BCUT2D eigenvalue weighted by Crippen LogP contribution is 2.30. The van der Waals surface area contributed by atoms with Crippen LogP contribution in [0.3, 0.4) is 0 Å². The maximum Gasteiger partial charge on any atom is 0.100 e. The summed E-state index contributed by atoms with van der Waals surface area (Å²) in [6.45, 7) is 10.7. The van der Waals surface area contributed by atoms with E-state index >= 15 is 0 Å². The Hall–Kier alpha value is -0.340.